The number of rotatable bonds is 1. The van der Waals surface area contributed by atoms with Gasteiger partial charge in [0.2, 0.25) is 10.0 Å². The molecule has 0 saturated carbocycles. The zero-order chi connectivity index (χ0) is 12.0. The van der Waals surface area contributed by atoms with Gasteiger partial charge in [0.15, 0.2) is 0 Å². The summed E-state index contributed by atoms with van der Waals surface area (Å²) in [7, 11) is -3.62. The van der Waals surface area contributed by atoms with Crippen molar-refractivity contribution >= 4 is 10.0 Å². The van der Waals surface area contributed by atoms with E-state index in [9.17, 15) is 8.42 Å². The second-order valence-electron chi connectivity index (χ2n) is 4.63. The number of nitrogens with two attached hydrogens (primary N) is 1. The molecular formula is C11H16N2O2S. The molecule has 0 aromatic heterocycles. The lowest BCUT2D eigenvalue weighted by Crippen LogP contribution is -2.43. The van der Waals surface area contributed by atoms with Crippen LogP contribution in [0, 0.1) is 0 Å². The van der Waals surface area contributed by atoms with Crippen LogP contribution in [0.1, 0.15) is 25.0 Å². The van der Waals surface area contributed by atoms with Gasteiger partial charge in [-0.05, 0) is 37.5 Å². The molecule has 5 heteroatoms. The Hall–Kier alpha value is -0.910. The van der Waals surface area contributed by atoms with Gasteiger partial charge in [-0.3, -0.25) is 0 Å². The Kier molecular flexibility index (Phi) is 2.57. The smallest absolute Gasteiger partial charge is 0.238 e. The van der Waals surface area contributed by atoms with E-state index in [0.29, 0.717) is 6.42 Å². The van der Waals surface area contributed by atoms with Crippen LogP contribution in [0.25, 0.3) is 0 Å². The Balaban J connectivity index is 2.70. The maximum atomic E-state index is 11.5. The summed E-state index contributed by atoms with van der Waals surface area (Å²) in [5, 5.41) is 8.58. The Morgan fingerprint density at radius 2 is 2.06 bits per heavy atom. The van der Waals surface area contributed by atoms with Crippen LogP contribution in [0.4, 0.5) is 0 Å². The van der Waals surface area contributed by atoms with Crippen LogP contribution in [0.3, 0.4) is 0 Å². The number of benzene rings is 1. The fourth-order valence-corrected chi connectivity index (χ4v) is 3.09. The summed E-state index contributed by atoms with van der Waals surface area (Å²) in [5.41, 5.74) is 1.67. The summed E-state index contributed by atoms with van der Waals surface area (Å²) in [6.07, 6.45) is 0.700. The second-order valence-corrected chi connectivity index (χ2v) is 6.16. The van der Waals surface area contributed by atoms with Crippen LogP contribution in [0.5, 0.6) is 0 Å². The van der Waals surface area contributed by atoms with Crippen LogP contribution in [-0.4, -0.2) is 15.0 Å². The van der Waals surface area contributed by atoms with Gasteiger partial charge in [0.1, 0.15) is 0 Å². The number of hydrogen-bond acceptors (Lipinski definition) is 3. The second kappa shape index (κ2) is 3.55. The van der Waals surface area contributed by atoms with Crippen LogP contribution in [-0.2, 0) is 22.0 Å². The van der Waals surface area contributed by atoms with Gasteiger partial charge in [-0.2, -0.15) is 0 Å². The van der Waals surface area contributed by atoms with Crippen molar-refractivity contribution in [1.82, 2.24) is 5.32 Å². The fraction of sp³-hybridized carbons (Fsp3) is 0.455. The highest BCUT2D eigenvalue weighted by Crippen LogP contribution is 2.31. The van der Waals surface area contributed by atoms with Crippen molar-refractivity contribution in [3.05, 3.63) is 29.3 Å². The third-order valence-electron chi connectivity index (χ3n) is 3.05. The van der Waals surface area contributed by atoms with Crippen LogP contribution in [0.2, 0.25) is 0 Å². The maximum Gasteiger partial charge on any atom is 0.238 e. The van der Waals surface area contributed by atoms with Gasteiger partial charge in [-0.1, -0.05) is 12.1 Å². The highest BCUT2D eigenvalue weighted by Gasteiger charge is 2.29. The molecule has 1 aromatic carbocycles. The topological polar surface area (TPSA) is 72.2 Å². The average molecular weight is 240 g/mol. The number of fused-ring (bicyclic) bond motifs is 1. The molecular weight excluding hydrogens is 224 g/mol. The molecule has 3 N–H and O–H groups in total. The molecule has 16 heavy (non-hydrogen) atoms. The molecule has 0 atom stereocenters. The summed E-state index contributed by atoms with van der Waals surface area (Å²) >= 11 is 0. The lowest BCUT2D eigenvalue weighted by Gasteiger charge is -2.34. The summed E-state index contributed by atoms with van der Waals surface area (Å²) in [6.45, 7) is 4.85. The minimum absolute atomic E-state index is 0.200. The van der Waals surface area contributed by atoms with E-state index in [-0.39, 0.29) is 10.4 Å². The summed E-state index contributed by atoms with van der Waals surface area (Å²) in [4.78, 5) is 0.263. The van der Waals surface area contributed by atoms with E-state index in [1.807, 2.05) is 19.9 Å². The first-order chi connectivity index (χ1) is 7.32. The summed E-state index contributed by atoms with van der Waals surface area (Å²) in [5.74, 6) is 0. The third-order valence-corrected chi connectivity index (χ3v) is 4.05. The van der Waals surface area contributed by atoms with Gasteiger partial charge in [-0.15, -0.1) is 0 Å². The van der Waals surface area contributed by atoms with Crippen LogP contribution in [0.15, 0.2) is 23.1 Å². The monoisotopic (exact) mass is 240 g/mol. The van der Waals surface area contributed by atoms with Gasteiger partial charge in [0.05, 0.1) is 4.90 Å². The molecule has 88 valence electrons. The number of sulfonamides is 1. The van der Waals surface area contributed by atoms with Gasteiger partial charge in [0, 0.05) is 12.1 Å². The third kappa shape index (κ3) is 1.86. The van der Waals surface area contributed by atoms with E-state index < -0.39 is 10.0 Å². The number of hydrogen-bond donors (Lipinski definition) is 2. The molecule has 1 heterocycles. The SMILES string of the molecule is CC1(C)NCCc2c1cccc2S(N)(=O)=O. The summed E-state index contributed by atoms with van der Waals surface area (Å²) in [6, 6.07) is 5.28. The van der Waals surface area contributed by atoms with E-state index >= 15 is 0 Å². The van der Waals surface area contributed by atoms with Crippen molar-refractivity contribution in [3.63, 3.8) is 0 Å². The molecule has 0 aliphatic carbocycles. The van der Waals surface area contributed by atoms with Crippen molar-refractivity contribution < 1.29 is 8.42 Å². The van der Waals surface area contributed by atoms with Crippen molar-refractivity contribution in [2.24, 2.45) is 5.14 Å². The Morgan fingerprint density at radius 1 is 1.38 bits per heavy atom. The van der Waals surface area contributed by atoms with Crippen molar-refractivity contribution in [2.45, 2.75) is 30.7 Å². The average Bonchev–Trinajstić information content (AvgIpc) is 2.15. The molecule has 0 amide bonds. The molecule has 0 bridgehead atoms. The molecule has 0 unspecified atom stereocenters. The molecule has 0 fully saturated rings. The van der Waals surface area contributed by atoms with E-state index in [1.54, 1.807) is 12.1 Å². The Morgan fingerprint density at radius 3 is 2.69 bits per heavy atom. The zero-order valence-electron chi connectivity index (χ0n) is 9.45. The lowest BCUT2D eigenvalue weighted by molar-refractivity contribution is 0.379. The lowest BCUT2D eigenvalue weighted by atomic mass is 9.85. The van der Waals surface area contributed by atoms with Crippen molar-refractivity contribution in [3.8, 4) is 0 Å². The van der Waals surface area contributed by atoms with E-state index in [2.05, 4.69) is 5.32 Å². The molecule has 4 nitrogen and oxygen atoms in total. The largest absolute Gasteiger partial charge is 0.307 e. The van der Waals surface area contributed by atoms with Crippen molar-refractivity contribution in [1.29, 1.82) is 0 Å². The van der Waals surface area contributed by atoms with E-state index in [1.165, 1.54) is 0 Å². The van der Waals surface area contributed by atoms with Gasteiger partial charge in [-0.25, -0.2) is 13.6 Å². The van der Waals surface area contributed by atoms with Crippen molar-refractivity contribution in [2.75, 3.05) is 6.54 Å². The quantitative estimate of drug-likeness (QED) is 0.759. The fourth-order valence-electron chi connectivity index (χ4n) is 2.27. The first kappa shape index (κ1) is 11.6. The van der Waals surface area contributed by atoms with Gasteiger partial charge in [0.25, 0.3) is 0 Å². The highest BCUT2D eigenvalue weighted by molar-refractivity contribution is 7.89. The Labute approximate surface area is 95.9 Å². The van der Waals surface area contributed by atoms with E-state index in [4.69, 9.17) is 5.14 Å². The zero-order valence-corrected chi connectivity index (χ0v) is 10.3. The van der Waals surface area contributed by atoms with Gasteiger partial charge < -0.3 is 5.32 Å². The maximum absolute atomic E-state index is 11.5. The van der Waals surface area contributed by atoms with Crippen LogP contribution >= 0.6 is 0 Å². The van der Waals surface area contributed by atoms with E-state index in [0.717, 1.165) is 17.7 Å². The van der Waals surface area contributed by atoms with Gasteiger partial charge >= 0.3 is 0 Å². The number of primary sulfonamides is 1. The Bertz CT molecular complexity index is 521. The number of nitrogens with one attached hydrogen (secondary N) is 1. The minimum Gasteiger partial charge on any atom is -0.307 e. The normalized spacial score (nSPS) is 19.2. The molecule has 1 aromatic rings. The molecule has 2 rings (SSSR count). The first-order valence-electron chi connectivity index (χ1n) is 5.22. The molecule has 0 radical (unpaired) electrons. The predicted molar refractivity (Wildman–Crippen MR) is 62.5 cm³/mol. The van der Waals surface area contributed by atoms with Crippen LogP contribution < -0.4 is 10.5 Å². The molecule has 0 spiro atoms. The summed E-state index contributed by atoms with van der Waals surface area (Å²) < 4.78 is 22.9. The molecule has 0 saturated heterocycles. The molecule has 1 aliphatic rings. The standard InChI is InChI=1S/C11H16N2O2S/c1-11(2)9-4-3-5-10(16(12,14)15)8(9)6-7-13-11/h3-5,13H,6-7H2,1-2H3,(H2,12,14,15). The highest BCUT2D eigenvalue weighted by atomic mass is 32.2. The predicted octanol–water partition coefficient (Wildman–Crippen LogP) is 0.715. The molecule has 1 aliphatic heterocycles. The first-order valence-corrected chi connectivity index (χ1v) is 6.77. The minimum atomic E-state index is -3.62.